The summed E-state index contributed by atoms with van der Waals surface area (Å²) < 4.78 is 13.0. The zero-order chi connectivity index (χ0) is 41.1. The minimum atomic E-state index is -2.24. The highest BCUT2D eigenvalue weighted by atomic mass is 79.9. The Labute approximate surface area is 349 Å². The Hall–Kier alpha value is -3.90. The van der Waals surface area contributed by atoms with Crippen LogP contribution in [0.5, 0.6) is 11.5 Å². The van der Waals surface area contributed by atoms with Gasteiger partial charge < -0.3 is 19.7 Å². The number of rotatable bonds is 17. The molecule has 2 N–H and O–H groups in total. The number of carbonyl (C=O) groups excluding carboxylic acids is 2. The summed E-state index contributed by atoms with van der Waals surface area (Å²) in [5.41, 5.74) is 4.59. The standard InChI is InChI=1S/C46H54Br2N2O6/c1-29(2)49(30(3)4)25-23-37(33-15-11-9-12-16-33)39-27-35(47)19-21-41(39)55-45(53)43(51)44(52)46(54)56-42-22-20-36(48)28-40(42)38(34-17-13-10-14-18-34)24-26-50(31(5)6)32(7)8/h9-24,27-32,43-44,51-52H,25-26H2,1-8H3. The van der Waals surface area contributed by atoms with E-state index in [-0.39, 0.29) is 35.7 Å². The summed E-state index contributed by atoms with van der Waals surface area (Å²) in [5, 5.41) is 22.1. The zero-order valence-corrected chi connectivity index (χ0v) is 36.6. The van der Waals surface area contributed by atoms with Gasteiger partial charge in [0.25, 0.3) is 0 Å². The monoisotopic (exact) mass is 888 g/mol. The number of ether oxygens (including phenoxy) is 2. The van der Waals surface area contributed by atoms with E-state index in [2.05, 4.69) is 109 Å². The third kappa shape index (κ3) is 12.1. The van der Waals surface area contributed by atoms with E-state index >= 15 is 0 Å². The fourth-order valence-corrected chi connectivity index (χ4v) is 7.35. The number of carbonyl (C=O) groups is 2. The molecule has 0 radical (unpaired) electrons. The Bertz CT molecular complexity index is 1820. The molecule has 10 heteroatoms. The quantitative estimate of drug-likeness (QED) is 0.0800. The summed E-state index contributed by atoms with van der Waals surface area (Å²) in [7, 11) is 0. The van der Waals surface area contributed by atoms with E-state index < -0.39 is 24.1 Å². The third-order valence-electron chi connectivity index (χ3n) is 9.50. The van der Waals surface area contributed by atoms with Crippen molar-refractivity contribution in [3.05, 3.63) is 140 Å². The van der Waals surface area contributed by atoms with E-state index in [0.717, 1.165) is 31.2 Å². The molecule has 2 atom stereocenters. The number of nitrogens with zero attached hydrogens (tertiary/aromatic N) is 2. The fourth-order valence-electron chi connectivity index (χ4n) is 6.63. The lowest BCUT2D eigenvalue weighted by molar-refractivity contribution is -0.162. The van der Waals surface area contributed by atoms with Crippen molar-refractivity contribution in [2.45, 2.75) is 91.8 Å². The van der Waals surface area contributed by atoms with E-state index in [9.17, 15) is 19.8 Å². The lowest BCUT2D eigenvalue weighted by Crippen LogP contribution is -2.44. The van der Waals surface area contributed by atoms with Gasteiger partial charge in [-0.2, -0.15) is 0 Å². The van der Waals surface area contributed by atoms with Crippen LogP contribution in [0.15, 0.2) is 118 Å². The highest BCUT2D eigenvalue weighted by molar-refractivity contribution is 9.10. The molecule has 0 aromatic heterocycles. The summed E-state index contributed by atoms with van der Waals surface area (Å²) in [6, 6.07) is 31.0. The number of hydrogen-bond acceptors (Lipinski definition) is 8. The van der Waals surface area contributed by atoms with Crippen LogP contribution in [0.4, 0.5) is 0 Å². The molecule has 0 spiro atoms. The summed E-state index contributed by atoms with van der Waals surface area (Å²) in [4.78, 5) is 31.7. The van der Waals surface area contributed by atoms with E-state index in [1.807, 2.05) is 72.8 Å². The predicted octanol–water partition coefficient (Wildman–Crippen LogP) is 9.55. The number of esters is 2. The van der Waals surface area contributed by atoms with Gasteiger partial charge in [-0.3, -0.25) is 9.80 Å². The maximum absolute atomic E-state index is 13.5. The first kappa shape index (κ1) is 44.8. The first-order valence-electron chi connectivity index (χ1n) is 19.0. The molecule has 0 amide bonds. The predicted molar refractivity (Wildman–Crippen MR) is 233 cm³/mol. The highest BCUT2D eigenvalue weighted by Gasteiger charge is 2.35. The maximum Gasteiger partial charge on any atom is 0.343 e. The SMILES string of the molecule is CC(C)N(CC=C(c1ccccc1)c1cc(Br)ccc1OC(=O)C(O)C(O)C(=O)Oc1ccc(Br)cc1C(=CCN(C(C)C)C(C)C)c1ccccc1)C(C)C. The van der Waals surface area contributed by atoms with Crippen molar-refractivity contribution in [2.75, 3.05) is 13.1 Å². The highest BCUT2D eigenvalue weighted by Crippen LogP contribution is 2.36. The molecule has 0 heterocycles. The van der Waals surface area contributed by atoms with E-state index in [1.165, 1.54) is 0 Å². The average molecular weight is 891 g/mol. The lowest BCUT2D eigenvalue weighted by atomic mass is 9.96. The summed E-state index contributed by atoms with van der Waals surface area (Å²) in [5.74, 6) is -2.11. The minimum absolute atomic E-state index is 0.151. The van der Waals surface area contributed by atoms with Gasteiger partial charge in [-0.15, -0.1) is 0 Å². The van der Waals surface area contributed by atoms with Crippen LogP contribution in [0.25, 0.3) is 11.1 Å². The summed E-state index contributed by atoms with van der Waals surface area (Å²) >= 11 is 7.12. The molecule has 8 nitrogen and oxygen atoms in total. The number of aliphatic hydroxyl groups is 2. The van der Waals surface area contributed by atoms with Gasteiger partial charge in [0.1, 0.15) is 11.5 Å². The Morgan fingerprint density at radius 2 is 0.875 bits per heavy atom. The van der Waals surface area contributed by atoms with Crippen molar-refractivity contribution in [3.63, 3.8) is 0 Å². The van der Waals surface area contributed by atoms with Gasteiger partial charge in [0, 0.05) is 57.3 Å². The van der Waals surface area contributed by atoms with Crippen LogP contribution in [0.3, 0.4) is 0 Å². The van der Waals surface area contributed by atoms with Crippen LogP contribution in [-0.4, -0.2) is 81.4 Å². The molecule has 0 aliphatic rings. The fraction of sp³-hybridized carbons (Fsp3) is 0.348. The van der Waals surface area contributed by atoms with E-state index in [1.54, 1.807) is 24.3 Å². The second kappa shape index (κ2) is 21.0. The summed E-state index contributed by atoms with van der Waals surface area (Å²) in [6.07, 6.45) is -0.300. The molecule has 56 heavy (non-hydrogen) atoms. The van der Waals surface area contributed by atoms with Gasteiger partial charge in [0.05, 0.1) is 0 Å². The smallest absolute Gasteiger partial charge is 0.343 e. The number of halogens is 2. The van der Waals surface area contributed by atoms with Crippen LogP contribution in [0.2, 0.25) is 0 Å². The van der Waals surface area contributed by atoms with Gasteiger partial charge in [-0.1, -0.05) is 105 Å². The average Bonchev–Trinajstić information content (AvgIpc) is 3.16. The molecular weight excluding hydrogens is 836 g/mol. The van der Waals surface area contributed by atoms with Crippen LogP contribution in [-0.2, 0) is 9.59 Å². The van der Waals surface area contributed by atoms with Crippen LogP contribution in [0, 0.1) is 0 Å². The minimum Gasteiger partial charge on any atom is -0.424 e. The second-order valence-corrected chi connectivity index (χ2v) is 16.6. The molecule has 4 aromatic carbocycles. The number of benzene rings is 4. The topological polar surface area (TPSA) is 99.5 Å². The zero-order valence-electron chi connectivity index (χ0n) is 33.4. The largest absolute Gasteiger partial charge is 0.424 e. The van der Waals surface area contributed by atoms with Gasteiger partial charge in [-0.05, 0) is 114 Å². The van der Waals surface area contributed by atoms with E-state index in [4.69, 9.17) is 9.47 Å². The Morgan fingerprint density at radius 3 is 1.18 bits per heavy atom. The molecular formula is C46H54Br2N2O6. The first-order valence-corrected chi connectivity index (χ1v) is 20.6. The van der Waals surface area contributed by atoms with Gasteiger partial charge in [0.15, 0.2) is 12.2 Å². The van der Waals surface area contributed by atoms with Crippen LogP contribution in [0.1, 0.15) is 77.6 Å². The molecule has 298 valence electrons. The second-order valence-electron chi connectivity index (χ2n) is 14.7. The lowest BCUT2D eigenvalue weighted by Gasteiger charge is -2.29. The molecule has 4 rings (SSSR count). The Kier molecular flexibility index (Phi) is 16.8. The normalized spacial score (nSPS) is 13.6. The molecule has 0 saturated carbocycles. The van der Waals surface area contributed by atoms with Crippen molar-refractivity contribution >= 4 is 54.9 Å². The van der Waals surface area contributed by atoms with Crippen molar-refractivity contribution in [1.82, 2.24) is 9.80 Å². The number of aliphatic hydroxyl groups excluding tert-OH is 2. The third-order valence-corrected chi connectivity index (χ3v) is 10.5. The van der Waals surface area contributed by atoms with Crippen LogP contribution >= 0.6 is 31.9 Å². The van der Waals surface area contributed by atoms with Gasteiger partial charge >= 0.3 is 11.9 Å². The van der Waals surface area contributed by atoms with E-state index in [0.29, 0.717) is 24.2 Å². The van der Waals surface area contributed by atoms with Crippen molar-refractivity contribution in [2.24, 2.45) is 0 Å². The van der Waals surface area contributed by atoms with Gasteiger partial charge in [-0.25, -0.2) is 9.59 Å². The van der Waals surface area contributed by atoms with Crippen LogP contribution < -0.4 is 9.47 Å². The Morgan fingerprint density at radius 1 is 0.554 bits per heavy atom. The van der Waals surface area contributed by atoms with Crippen molar-refractivity contribution < 1.29 is 29.3 Å². The molecule has 0 aliphatic heterocycles. The molecule has 0 fully saturated rings. The maximum atomic E-state index is 13.5. The Balaban J connectivity index is 1.63. The molecule has 4 aromatic rings. The number of hydrogen-bond donors (Lipinski definition) is 2. The molecule has 0 aliphatic carbocycles. The molecule has 0 saturated heterocycles. The van der Waals surface area contributed by atoms with Gasteiger partial charge in [0.2, 0.25) is 0 Å². The first-order chi connectivity index (χ1) is 26.6. The molecule has 2 unspecified atom stereocenters. The van der Waals surface area contributed by atoms with Crippen molar-refractivity contribution in [3.8, 4) is 11.5 Å². The van der Waals surface area contributed by atoms with Crippen molar-refractivity contribution in [1.29, 1.82) is 0 Å². The molecule has 0 bridgehead atoms. The summed E-state index contributed by atoms with van der Waals surface area (Å²) in [6.45, 7) is 18.4.